The molecule has 1 rings (SSSR count). The van der Waals surface area contributed by atoms with Gasteiger partial charge in [0.25, 0.3) is 0 Å². The van der Waals surface area contributed by atoms with E-state index >= 15 is 0 Å². The molecule has 0 radical (unpaired) electrons. The summed E-state index contributed by atoms with van der Waals surface area (Å²) < 4.78 is 0. The third kappa shape index (κ3) is 1.01. The number of hydrogen-bond acceptors (Lipinski definition) is 1. The van der Waals surface area contributed by atoms with E-state index in [1.54, 1.807) is 0 Å². The SMILES string of the molecule is C=CC1(CN)CC(C)C1. The fraction of sp³-hybridized carbons (Fsp3) is 0.750. The zero-order valence-corrected chi connectivity index (χ0v) is 6.06. The molecule has 0 saturated heterocycles. The lowest BCUT2D eigenvalue weighted by Crippen LogP contribution is -2.40. The Labute approximate surface area is 56.9 Å². The van der Waals surface area contributed by atoms with Crippen LogP contribution in [-0.4, -0.2) is 6.54 Å². The first kappa shape index (κ1) is 6.81. The average molecular weight is 125 g/mol. The fourth-order valence-electron chi connectivity index (χ4n) is 1.74. The highest BCUT2D eigenvalue weighted by Crippen LogP contribution is 2.45. The molecule has 0 atom stereocenters. The monoisotopic (exact) mass is 125 g/mol. The molecule has 1 saturated carbocycles. The van der Waals surface area contributed by atoms with Crippen molar-refractivity contribution >= 4 is 0 Å². The van der Waals surface area contributed by atoms with E-state index in [1.165, 1.54) is 12.8 Å². The maximum Gasteiger partial charge on any atom is 0.00143 e. The summed E-state index contributed by atoms with van der Waals surface area (Å²) in [6.45, 7) is 6.82. The minimum atomic E-state index is 0.319. The van der Waals surface area contributed by atoms with Gasteiger partial charge in [-0.25, -0.2) is 0 Å². The third-order valence-corrected chi connectivity index (χ3v) is 2.35. The van der Waals surface area contributed by atoms with Gasteiger partial charge < -0.3 is 5.73 Å². The Bertz CT molecular complexity index is 112. The van der Waals surface area contributed by atoms with Crippen LogP contribution in [0.1, 0.15) is 19.8 Å². The van der Waals surface area contributed by atoms with E-state index in [9.17, 15) is 0 Å². The Hall–Kier alpha value is -0.300. The first-order valence-electron chi connectivity index (χ1n) is 3.56. The molecule has 0 bridgehead atoms. The highest BCUT2D eigenvalue weighted by Gasteiger charge is 2.37. The van der Waals surface area contributed by atoms with Gasteiger partial charge in [0.1, 0.15) is 0 Å². The second-order valence-electron chi connectivity index (χ2n) is 3.28. The summed E-state index contributed by atoms with van der Waals surface area (Å²) in [6, 6.07) is 0. The molecule has 1 aliphatic rings. The normalized spacial score (nSPS) is 41.8. The molecule has 2 N–H and O–H groups in total. The maximum absolute atomic E-state index is 5.57. The lowest BCUT2D eigenvalue weighted by Gasteiger charge is -2.43. The van der Waals surface area contributed by atoms with E-state index in [4.69, 9.17) is 5.73 Å². The molecule has 0 aromatic heterocycles. The number of nitrogens with two attached hydrogens (primary N) is 1. The fourth-order valence-corrected chi connectivity index (χ4v) is 1.74. The Kier molecular flexibility index (Phi) is 1.62. The molecule has 1 nitrogen and oxygen atoms in total. The van der Waals surface area contributed by atoms with Crippen molar-refractivity contribution in [3.05, 3.63) is 12.7 Å². The van der Waals surface area contributed by atoms with Crippen LogP contribution in [0.2, 0.25) is 0 Å². The molecule has 0 aromatic rings. The number of hydrogen-bond donors (Lipinski definition) is 1. The second kappa shape index (κ2) is 2.14. The number of rotatable bonds is 2. The van der Waals surface area contributed by atoms with Crippen molar-refractivity contribution < 1.29 is 0 Å². The molecule has 1 aliphatic carbocycles. The molecule has 52 valence electrons. The predicted molar refractivity (Wildman–Crippen MR) is 40.1 cm³/mol. The molecule has 0 spiro atoms. The minimum absolute atomic E-state index is 0.319. The third-order valence-electron chi connectivity index (χ3n) is 2.35. The highest BCUT2D eigenvalue weighted by molar-refractivity contribution is 5.04. The molecule has 0 amide bonds. The van der Waals surface area contributed by atoms with Gasteiger partial charge >= 0.3 is 0 Å². The largest absolute Gasteiger partial charge is 0.330 e. The van der Waals surface area contributed by atoms with Crippen molar-refractivity contribution in [1.29, 1.82) is 0 Å². The van der Waals surface area contributed by atoms with E-state index in [0.29, 0.717) is 5.41 Å². The molecule has 9 heavy (non-hydrogen) atoms. The van der Waals surface area contributed by atoms with Gasteiger partial charge in [-0.05, 0) is 18.8 Å². The molecular formula is C8H15N. The van der Waals surface area contributed by atoms with Crippen molar-refractivity contribution in [3.8, 4) is 0 Å². The van der Waals surface area contributed by atoms with E-state index in [-0.39, 0.29) is 0 Å². The standard InChI is InChI=1S/C8H15N/c1-3-8(6-9)4-7(2)5-8/h3,7H,1,4-6,9H2,2H3. The van der Waals surface area contributed by atoms with Crippen LogP contribution in [0.4, 0.5) is 0 Å². The molecule has 1 fully saturated rings. The van der Waals surface area contributed by atoms with Gasteiger partial charge in [-0.1, -0.05) is 13.0 Å². The van der Waals surface area contributed by atoms with Crippen LogP contribution >= 0.6 is 0 Å². The van der Waals surface area contributed by atoms with Crippen LogP contribution in [0.15, 0.2) is 12.7 Å². The lowest BCUT2D eigenvalue weighted by molar-refractivity contribution is 0.132. The van der Waals surface area contributed by atoms with Gasteiger partial charge in [0.2, 0.25) is 0 Å². The van der Waals surface area contributed by atoms with Crippen LogP contribution in [0.25, 0.3) is 0 Å². The molecular weight excluding hydrogens is 110 g/mol. The summed E-state index contributed by atoms with van der Waals surface area (Å²) in [6.07, 6.45) is 4.51. The summed E-state index contributed by atoms with van der Waals surface area (Å²) in [5.41, 5.74) is 5.89. The summed E-state index contributed by atoms with van der Waals surface area (Å²) in [7, 11) is 0. The summed E-state index contributed by atoms with van der Waals surface area (Å²) >= 11 is 0. The van der Waals surface area contributed by atoms with E-state index < -0.39 is 0 Å². The van der Waals surface area contributed by atoms with Gasteiger partial charge in [-0.15, -0.1) is 6.58 Å². The quantitative estimate of drug-likeness (QED) is 0.557. The van der Waals surface area contributed by atoms with Crippen LogP contribution in [0, 0.1) is 11.3 Å². The van der Waals surface area contributed by atoms with Crippen molar-refractivity contribution in [2.45, 2.75) is 19.8 Å². The zero-order valence-electron chi connectivity index (χ0n) is 6.06. The second-order valence-corrected chi connectivity index (χ2v) is 3.28. The predicted octanol–water partition coefficient (Wildman–Crippen LogP) is 1.55. The van der Waals surface area contributed by atoms with Crippen molar-refractivity contribution in [2.24, 2.45) is 17.1 Å². The van der Waals surface area contributed by atoms with Crippen LogP contribution < -0.4 is 5.73 Å². The van der Waals surface area contributed by atoms with E-state index in [1.807, 2.05) is 6.08 Å². The Balaban J connectivity index is 2.45. The minimum Gasteiger partial charge on any atom is -0.330 e. The lowest BCUT2D eigenvalue weighted by atomic mass is 9.63. The Morgan fingerprint density at radius 2 is 2.33 bits per heavy atom. The first-order valence-corrected chi connectivity index (χ1v) is 3.56. The topological polar surface area (TPSA) is 26.0 Å². The van der Waals surface area contributed by atoms with Gasteiger partial charge in [-0.2, -0.15) is 0 Å². The van der Waals surface area contributed by atoms with Gasteiger partial charge in [0.05, 0.1) is 0 Å². The van der Waals surface area contributed by atoms with Gasteiger partial charge in [0.15, 0.2) is 0 Å². The molecule has 0 heterocycles. The maximum atomic E-state index is 5.57. The Morgan fingerprint density at radius 3 is 2.44 bits per heavy atom. The van der Waals surface area contributed by atoms with Crippen LogP contribution in [-0.2, 0) is 0 Å². The molecule has 1 heteroatoms. The summed E-state index contributed by atoms with van der Waals surface area (Å²) in [4.78, 5) is 0. The van der Waals surface area contributed by atoms with Gasteiger partial charge in [-0.3, -0.25) is 0 Å². The zero-order chi connectivity index (χ0) is 6.91. The summed E-state index contributed by atoms with van der Waals surface area (Å²) in [5.74, 6) is 0.867. The summed E-state index contributed by atoms with van der Waals surface area (Å²) in [5, 5.41) is 0. The highest BCUT2D eigenvalue weighted by atomic mass is 14.6. The van der Waals surface area contributed by atoms with Gasteiger partial charge in [0, 0.05) is 12.0 Å². The van der Waals surface area contributed by atoms with Crippen LogP contribution in [0.5, 0.6) is 0 Å². The van der Waals surface area contributed by atoms with Crippen molar-refractivity contribution in [2.75, 3.05) is 6.54 Å². The van der Waals surface area contributed by atoms with Crippen molar-refractivity contribution in [3.63, 3.8) is 0 Å². The molecule has 0 aromatic carbocycles. The van der Waals surface area contributed by atoms with Crippen LogP contribution in [0.3, 0.4) is 0 Å². The molecule has 0 unspecified atom stereocenters. The first-order chi connectivity index (χ1) is 4.22. The van der Waals surface area contributed by atoms with E-state index in [2.05, 4.69) is 13.5 Å². The Morgan fingerprint density at radius 1 is 1.78 bits per heavy atom. The van der Waals surface area contributed by atoms with E-state index in [0.717, 1.165) is 12.5 Å². The average Bonchev–Trinajstić information content (AvgIpc) is 1.81. The smallest absolute Gasteiger partial charge is 0.00143 e. The molecule has 0 aliphatic heterocycles. The van der Waals surface area contributed by atoms with Crippen molar-refractivity contribution in [1.82, 2.24) is 0 Å².